The quantitative estimate of drug-likeness (QED) is 0.573. The lowest BCUT2D eigenvalue weighted by molar-refractivity contribution is -0.152. The summed E-state index contributed by atoms with van der Waals surface area (Å²) in [6, 6.07) is 16.3. The molecule has 2 amide bonds. The van der Waals surface area contributed by atoms with Crippen molar-refractivity contribution in [3.63, 3.8) is 0 Å². The molecule has 0 aliphatic heterocycles. The highest BCUT2D eigenvalue weighted by Crippen LogP contribution is 2.14. The van der Waals surface area contributed by atoms with Gasteiger partial charge in [0.1, 0.15) is 6.04 Å². The molecule has 2 rings (SSSR count). The summed E-state index contributed by atoms with van der Waals surface area (Å²) in [5, 5.41) is 5.55. The average molecular weight is 425 g/mol. The molecule has 0 radical (unpaired) electrons. The number of amides is 2. The zero-order valence-electron chi connectivity index (χ0n) is 18.7. The van der Waals surface area contributed by atoms with Gasteiger partial charge in [0.15, 0.2) is 6.61 Å². The Labute approximate surface area is 184 Å². The molecular weight excluding hydrogens is 392 g/mol. The molecule has 0 heterocycles. The third kappa shape index (κ3) is 7.89. The van der Waals surface area contributed by atoms with E-state index in [4.69, 9.17) is 4.74 Å². The Morgan fingerprint density at radius 1 is 0.839 bits per heavy atom. The van der Waals surface area contributed by atoms with Gasteiger partial charge in [0.05, 0.1) is 12.5 Å². The summed E-state index contributed by atoms with van der Waals surface area (Å²) >= 11 is 0. The fourth-order valence-electron chi connectivity index (χ4n) is 3.14. The average Bonchev–Trinajstić information content (AvgIpc) is 2.76. The highest BCUT2D eigenvalue weighted by molar-refractivity contribution is 5.87. The molecule has 31 heavy (non-hydrogen) atoms. The van der Waals surface area contributed by atoms with Crippen molar-refractivity contribution in [3.05, 3.63) is 71.3 Å². The van der Waals surface area contributed by atoms with Crippen molar-refractivity contribution in [3.8, 4) is 0 Å². The van der Waals surface area contributed by atoms with Crippen molar-refractivity contribution in [2.24, 2.45) is 5.92 Å². The molecule has 0 aliphatic rings. The van der Waals surface area contributed by atoms with Gasteiger partial charge in [0.2, 0.25) is 5.91 Å². The lowest BCUT2D eigenvalue weighted by atomic mass is 10.0. The van der Waals surface area contributed by atoms with E-state index in [-0.39, 0.29) is 24.3 Å². The van der Waals surface area contributed by atoms with Gasteiger partial charge in [0, 0.05) is 0 Å². The Hall–Kier alpha value is -3.15. The number of carbonyl (C=O) groups is 3. The van der Waals surface area contributed by atoms with Crippen molar-refractivity contribution >= 4 is 17.8 Å². The van der Waals surface area contributed by atoms with Crippen molar-refractivity contribution in [1.29, 1.82) is 0 Å². The standard InChI is InChI=1S/C25H32N2O4/c1-5-19-11-13-21(14-12-19)18(4)26-23(29)16-31-25(30)24(17(2)3)27-22(28)15-20-9-7-6-8-10-20/h6-14,17-18,24H,5,15-16H2,1-4H3,(H,26,29)(H,27,28)/t18-,24+/m1/s1. The van der Waals surface area contributed by atoms with Crippen LogP contribution in [0.15, 0.2) is 54.6 Å². The third-order valence-corrected chi connectivity index (χ3v) is 5.06. The zero-order valence-corrected chi connectivity index (χ0v) is 18.7. The van der Waals surface area contributed by atoms with Crippen LogP contribution in [0.5, 0.6) is 0 Å². The fraction of sp³-hybridized carbons (Fsp3) is 0.400. The molecule has 0 aromatic heterocycles. The second-order valence-corrected chi connectivity index (χ2v) is 7.94. The van der Waals surface area contributed by atoms with Gasteiger partial charge < -0.3 is 15.4 Å². The normalized spacial score (nSPS) is 12.7. The minimum atomic E-state index is -0.817. The summed E-state index contributed by atoms with van der Waals surface area (Å²) in [5.41, 5.74) is 3.06. The predicted molar refractivity (Wildman–Crippen MR) is 120 cm³/mol. The first-order valence-electron chi connectivity index (χ1n) is 10.7. The van der Waals surface area contributed by atoms with Crippen LogP contribution in [0, 0.1) is 5.92 Å². The number of ether oxygens (including phenoxy) is 1. The van der Waals surface area contributed by atoms with Gasteiger partial charge >= 0.3 is 5.97 Å². The third-order valence-electron chi connectivity index (χ3n) is 5.06. The van der Waals surface area contributed by atoms with Gasteiger partial charge in [-0.05, 0) is 36.0 Å². The van der Waals surface area contributed by atoms with Crippen LogP contribution in [0.3, 0.4) is 0 Å². The fourth-order valence-corrected chi connectivity index (χ4v) is 3.14. The maximum Gasteiger partial charge on any atom is 0.329 e. The number of esters is 1. The molecule has 6 nitrogen and oxygen atoms in total. The Morgan fingerprint density at radius 2 is 1.48 bits per heavy atom. The Bertz CT molecular complexity index is 863. The van der Waals surface area contributed by atoms with Crippen molar-refractivity contribution in [1.82, 2.24) is 10.6 Å². The first-order valence-corrected chi connectivity index (χ1v) is 10.7. The van der Waals surface area contributed by atoms with Gasteiger partial charge in [-0.1, -0.05) is 75.4 Å². The van der Waals surface area contributed by atoms with E-state index in [1.807, 2.05) is 75.4 Å². The van der Waals surface area contributed by atoms with Crippen molar-refractivity contribution in [2.45, 2.75) is 52.6 Å². The highest BCUT2D eigenvalue weighted by Gasteiger charge is 2.26. The molecule has 0 unspecified atom stereocenters. The number of nitrogens with one attached hydrogen (secondary N) is 2. The molecular formula is C25H32N2O4. The molecule has 2 N–H and O–H groups in total. The number of carbonyl (C=O) groups excluding carboxylic acids is 3. The molecule has 6 heteroatoms. The van der Waals surface area contributed by atoms with Crippen LogP contribution >= 0.6 is 0 Å². The molecule has 0 saturated carbocycles. The summed E-state index contributed by atoms with van der Waals surface area (Å²) in [5.74, 6) is -1.45. The van der Waals surface area contributed by atoms with Crippen molar-refractivity contribution < 1.29 is 19.1 Å². The van der Waals surface area contributed by atoms with E-state index >= 15 is 0 Å². The van der Waals surface area contributed by atoms with Crippen LogP contribution in [-0.4, -0.2) is 30.4 Å². The van der Waals surface area contributed by atoms with Gasteiger partial charge in [0.25, 0.3) is 5.91 Å². The van der Waals surface area contributed by atoms with Gasteiger partial charge in [-0.2, -0.15) is 0 Å². The molecule has 0 saturated heterocycles. The SMILES string of the molecule is CCc1ccc([C@@H](C)NC(=O)COC(=O)[C@@H](NC(=O)Cc2ccccc2)C(C)C)cc1. The number of hydrogen-bond acceptors (Lipinski definition) is 4. The summed E-state index contributed by atoms with van der Waals surface area (Å²) in [6.07, 6.45) is 1.13. The molecule has 166 valence electrons. The van der Waals surface area contributed by atoms with Crippen LogP contribution in [0.4, 0.5) is 0 Å². The molecule has 0 fully saturated rings. The molecule has 2 atom stereocenters. The maximum absolute atomic E-state index is 12.5. The summed E-state index contributed by atoms with van der Waals surface area (Å²) < 4.78 is 5.19. The largest absolute Gasteiger partial charge is 0.454 e. The first-order chi connectivity index (χ1) is 14.8. The lowest BCUT2D eigenvalue weighted by Gasteiger charge is -2.21. The van der Waals surface area contributed by atoms with Gasteiger partial charge in [-0.3, -0.25) is 9.59 Å². The van der Waals surface area contributed by atoms with Crippen LogP contribution in [0.25, 0.3) is 0 Å². The minimum Gasteiger partial charge on any atom is -0.454 e. The molecule has 0 aliphatic carbocycles. The Morgan fingerprint density at radius 3 is 2.06 bits per heavy atom. The lowest BCUT2D eigenvalue weighted by Crippen LogP contribution is -2.46. The van der Waals surface area contributed by atoms with E-state index < -0.39 is 24.5 Å². The number of benzene rings is 2. The number of rotatable bonds is 10. The van der Waals surface area contributed by atoms with E-state index in [0.717, 1.165) is 17.5 Å². The van der Waals surface area contributed by atoms with Crippen LogP contribution in [0.2, 0.25) is 0 Å². The Kier molecular flexibility index (Phi) is 9.25. The van der Waals surface area contributed by atoms with Crippen LogP contribution in [-0.2, 0) is 32.0 Å². The Balaban J connectivity index is 1.84. The zero-order chi connectivity index (χ0) is 22.8. The van der Waals surface area contributed by atoms with Gasteiger partial charge in [-0.25, -0.2) is 4.79 Å². The highest BCUT2D eigenvalue weighted by atomic mass is 16.5. The molecule has 0 spiro atoms. The first kappa shape index (κ1) is 24.1. The monoisotopic (exact) mass is 424 g/mol. The van der Waals surface area contributed by atoms with E-state index in [1.54, 1.807) is 0 Å². The second kappa shape index (κ2) is 11.9. The van der Waals surface area contributed by atoms with Crippen LogP contribution < -0.4 is 10.6 Å². The smallest absolute Gasteiger partial charge is 0.329 e. The summed E-state index contributed by atoms with van der Waals surface area (Å²) in [7, 11) is 0. The van der Waals surface area contributed by atoms with Crippen molar-refractivity contribution in [2.75, 3.05) is 6.61 Å². The van der Waals surface area contributed by atoms with Crippen LogP contribution in [0.1, 0.15) is 50.4 Å². The van der Waals surface area contributed by atoms with E-state index in [0.29, 0.717) is 0 Å². The predicted octanol–water partition coefficient (Wildman–Crippen LogP) is 3.35. The number of aryl methyl sites for hydroxylation is 1. The van der Waals surface area contributed by atoms with E-state index in [2.05, 4.69) is 17.6 Å². The summed E-state index contributed by atoms with van der Waals surface area (Å²) in [4.78, 5) is 37.0. The van der Waals surface area contributed by atoms with E-state index in [1.165, 1.54) is 5.56 Å². The molecule has 0 bridgehead atoms. The maximum atomic E-state index is 12.5. The second-order valence-electron chi connectivity index (χ2n) is 7.94. The van der Waals surface area contributed by atoms with E-state index in [9.17, 15) is 14.4 Å². The minimum absolute atomic E-state index is 0.173. The number of hydrogen-bond donors (Lipinski definition) is 2. The topological polar surface area (TPSA) is 84.5 Å². The molecule has 2 aromatic carbocycles. The van der Waals surface area contributed by atoms with Gasteiger partial charge in [-0.15, -0.1) is 0 Å². The summed E-state index contributed by atoms with van der Waals surface area (Å²) in [6.45, 7) is 7.20. The molecule has 2 aromatic rings.